The smallest absolute Gasteiger partial charge is 0.316 e. The van der Waals surface area contributed by atoms with Gasteiger partial charge in [0.25, 0.3) is 11.6 Å². The Morgan fingerprint density at radius 1 is 1.37 bits per heavy atom. The second-order valence-corrected chi connectivity index (χ2v) is 7.35. The van der Waals surface area contributed by atoms with E-state index in [1.807, 2.05) is 17.5 Å². The molecule has 0 spiro atoms. The van der Waals surface area contributed by atoms with E-state index in [4.69, 9.17) is 9.47 Å². The molecule has 1 amide bonds. The summed E-state index contributed by atoms with van der Waals surface area (Å²) in [5.74, 6) is -0.0888. The van der Waals surface area contributed by atoms with Crippen molar-refractivity contribution in [2.45, 2.75) is 18.8 Å². The molecule has 0 radical (unpaired) electrons. The number of thioether (sulfide) groups is 1. The lowest BCUT2D eigenvalue weighted by Crippen LogP contribution is -2.30. The van der Waals surface area contributed by atoms with Crippen molar-refractivity contribution in [3.8, 4) is 5.75 Å². The summed E-state index contributed by atoms with van der Waals surface area (Å²) >= 11 is 2.99. The third-order valence-electron chi connectivity index (χ3n) is 3.38. The Kier molecular flexibility index (Phi) is 7.62. The Balaban J connectivity index is 1.87. The summed E-state index contributed by atoms with van der Waals surface area (Å²) < 4.78 is 10.0. The quantitative estimate of drug-likeness (QED) is 0.383. The maximum Gasteiger partial charge on any atom is 0.316 e. The SMILES string of the molecule is COc1ccc(NC(=O)[C@@H](C)OC(=O)CSCc2cccs2)c([N+](=O)[O-])c1. The normalized spacial score (nSPS) is 11.5. The van der Waals surface area contributed by atoms with E-state index in [0.717, 1.165) is 4.88 Å². The summed E-state index contributed by atoms with van der Waals surface area (Å²) in [7, 11) is 1.38. The van der Waals surface area contributed by atoms with Crippen LogP contribution >= 0.6 is 23.1 Å². The van der Waals surface area contributed by atoms with Gasteiger partial charge in [0.05, 0.1) is 23.9 Å². The first-order valence-electron chi connectivity index (χ1n) is 7.83. The molecule has 8 nitrogen and oxygen atoms in total. The Labute approximate surface area is 164 Å². The average Bonchev–Trinajstić information content (AvgIpc) is 3.15. The van der Waals surface area contributed by atoms with Gasteiger partial charge in [0, 0.05) is 10.6 Å². The van der Waals surface area contributed by atoms with E-state index in [1.54, 1.807) is 11.3 Å². The van der Waals surface area contributed by atoms with Gasteiger partial charge in [-0.2, -0.15) is 0 Å². The van der Waals surface area contributed by atoms with Crippen molar-refractivity contribution in [3.05, 3.63) is 50.7 Å². The molecule has 1 aromatic heterocycles. The largest absolute Gasteiger partial charge is 0.496 e. The predicted octanol–water partition coefficient (Wildman–Crippen LogP) is 3.47. The Morgan fingerprint density at radius 3 is 2.78 bits per heavy atom. The minimum atomic E-state index is -1.08. The molecule has 0 aliphatic heterocycles. The highest BCUT2D eigenvalue weighted by Gasteiger charge is 2.22. The van der Waals surface area contributed by atoms with Gasteiger partial charge in [-0.05, 0) is 30.5 Å². The van der Waals surface area contributed by atoms with Crippen molar-refractivity contribution in [2.24, 2.45) is 0 Å². The van der Waals surface area contributed by atoms with Gasteiger partial charge < -0.3 is 14.8 Å². The molecule has 144 valence electrons. The number of amides is 1. The van der Waals surface area contributed by atoms with Gasteiger partial charge in [0.2, 0.25) is 0 Å². The maximum absolute atomic E-state index is 12.2. The molecule has 2 rings (SSSR count). The van der Waals surface area contributed by atoms with Crippen LogP contribution < -0.4 is 10.1 Å². The van der Waals surface area contributed by atoms with Crippen molar-refractivity contribution in [1.29, 1.82) is 0 Å². The first-order valence-corrected chi connectivity index (χ1v) is 9.87. The number of anilines is 1. The monoisotopic (exact) mass is 410 g/mol. The molecule has 1 N–H and O–H groups in total. The van der Waals surface area contributed by atoms with Crippen LogP contribution in [0.25, 0.3) is 0 Å². The number of ether oxygens (including phenoxy) is 2. The molecular formula is C17H18N2O6S2. The minimum Gasteiger partial charge on any atom is -0.496 e. The number of carbonyl (C=O) groups excluding carboxylic acids is 2. The van der Waals surface area contributed by atoms with Crippen molar-refractivity contribution in [2.75, 3.05) is 18.2 Å². The topological polar surface area (TPSA) is 108 Å². The fourth-order valence-electron chi connectivity index (χ4n) is 2.04. The summed E-state index contributed by atoms with van der Waals surface area (Å²) in [4.78, 5) is 35.7. The molecule has 27 heavy (non-hydrogen) atoms. The Bertz CT molecular complexity index is 810. The zero-order chi connectivity index (χ0) is 19.8. The van der Waals surface area contributed by atoms with Gasteiger partial charge >= 0.3 is 5.97 Å². The van der Waals surface area contributed by atoms with Crippen molar-refractivity contribution in [3.63, 3.8) is 0 Å². The molecule has 0 aliphatic carbocycles. The summed E-state index contributed by atoms with van der Waals surface area (Å²) in [6.07, 6.45) is -1.08. The Hall–Kier alpha value is -2.59. The molecule has 1 atom stereocenters. The number of methoxy groups -OCH3 is 1. The van der Waals surface area contributed by atoms with E-state index < -0.39 is 22.9 Å². The van der Waals surface area contributed by atoms with Crippen LogP contribution in [0.15, 0.2) is 35.7 Å². The number of esters is 1. The number of carbonyl (C=O) groups is 2. The third kappa shape index (κ3) is 6.26. The number of nitrogens with zero attached hydrogens (tertiary/aromatic N) is 1. The highest BCUT2D eigenvalue weighted by atomic mass is 32.2. The molecule has 0 bridgehead atoms. The van der Waals surface area contributed by atoms with E-state index in [2.05, 4.69) is 5.32 Å². The van der Waals surface area contributed by atoms with E-state index in [-0.39, 0.29) is 17.1 Å². The summed E-state index contributed by atoms with van der Waals surface area (Å²) in [6, 6.07) is 7.96. The summed E-state index contributed by atoms with van der Waals surface area (Å²) in [5, 5.41) is 15.5. The lowest BCUT2D eigenvalue weighted by molar-refractivity contribution is -0.384. The molecule has 0 saturated heterocycles. The minimum absolute atomic E-state index is 0.000712. The summed E-state index contributed by atoms with van der Waals surface area (Å²) in [6.45, 7) is 1.41. The number of nitro benzene ring substituents is 1. The first kappa shape index (κ1) is 20.7. The van der Waals surface area contributed by atoms with Gasteiger partial charge in [-0.3, -0.25) is 19.7 Å². The van der Waals surface area contributed by atoms with E-state index in [1.165, 1.54) is 44.0 Å². The molecule has 10 heteroatoms. The number of rotatable bonds is 9. The van der Waals surface area contributed by atoms with E-state index in [9.17, 15) is 19.7 Å². The molecular weight excluding hydrogens is 392 g/mol. The predicted molar refractivity (Wildman–Crippen MR) is 104 cm³/mol. The third-order valence-corrected chi connectivity index (χ3v) is 5.40. The molecule has 0 aliphatic rings. The van der Waals surface area contributed by atoms with Gasteiger partial charge in [-0.25, -0.2) is 0 Å². The number of nitro groups is 1. The highest BCUT2D eigenvalue weighted by Crippen LogP contribution is 2.29. The van der Waals surface area contributed by atoms with E-state index >= 15 is 0 Å². The van der Waals surface area contributed by atoms with Crippen LogP contribution in [0.1, 0.15) is 11.8 Å². The molecule has 0 saturated carbocycles. The zero-order valence-corrected chi connectivity index (χ0v) is 16.3. The van der Waals surface area contributed by atoms with Gasteiger partial charge in [0.15, 0.2) is 6.10 Å². The number of thiophene rings is 1. The standard InChI is InChI=1S/C17H18N2O6S2/c1-11(25-16(20)10-26-9-13-4-3-7-27-13)17(21)18-14-6-5-12(24-2)8-15(14)19(22)23/h3-8,11H,9-10H2,1-2H3,(H,18,21)/t11-/m1/s1. The number of benzene rings is 1. The lowest BCUT2D eigenvalue weighted by Gasteiger charge is -2.14. The van der Waals surface area contributed by atoms with Crippen LogP contribution in [0.4, 0.5) is 11.4 Å². The Morgan fingerprint density at radius 2 is 2.15 bits per heavy atom. The summed E-state index contributed by atoms with van der Waals surface area (Å²) in [5.41, 5.74) is -0.312. The number of hydrogen-bond acceptors (Lipinski definition) is 8. The van der Waals surface area contributed by atoms with Crippen LogP contribution in [0, 0.1) is 10.1 Å². The highest BCUT2D eigenvalue weighted by molar-refractivity contribution is 7.99. The molecule has 1 heterocycles. The number of hydrogen-bond donors (Lipinski definition) is 1. The van der Waals surface area contributed by atoms with Crippen LogP contribution in [0.3, 0.4) is 0 Å². The van der Waals surface area contributed by atoms with Crippen LogP contribution in [0.2, 0.25) is 0 Å². The van der Waals surface area contributed by atoms with Crippen LogP contribution in [-0.2, 0) is 20.1 Å². The fraction of sp³-hybridized carbons (Fsp3) is 0.294. The lowest BCUT2D eigenvalue weighted by atomic mass is 10.2. The first-order chi connectivity index (χ1) is 12.9. The molecule has 0 fully saturated rings. The molecule has 2 aromatic rings. The number of nitrogens with one attached hydrogen (secondary N) is 1. The maximum atomic E-state index is 12.2. The van der Waals surface area contributed by atoms with Crippen molar-refractivity contribution >= 4 is 46.3 Å². The van der Waals surface area contributed by atoms with E-state index in [0.29, 0.717) is 11.5 Å². The molecule has 1 aromatic carbocycles. The van der Waals surface area contributed by atoms with Gasteiger partial charge in [0.1, 0.15) is 11.4 Å². The van der Waals surface area contributed by atoms with Gasteiger partial charge in [-0.15, -0.1) is 23.1 Å². The van der Waals surface area contributed by atoms with Crippen molar-refractivity contribution < 1.29 is 24.0 Å². The van der Waals surface area contributed by atoms with Gasteiger partial charge in [-0.1, -0.05) is 6.07 Å². The second kappa shape index (κ2) is 9.93. The fourth-order valence-corrected chi connectivity index (χ4v) is 3.69. The second-order valence-electron chi connectivity index (χ2n) is 5.33. The van der Waals surface area contributed by atoms with Crippen LogP contribution in [-0.4, -0.2) is 35.8 Å². The molecule has 0 unspecified atom stereocenters. The zero-order valence-electron chi connectivity index (χ0n) is 14.7. The van der Waals surface area contributed by atoms with Crippen molar-refractivity contribution in [1.82, 2.24) is 0 Å². The average molecular weight is 410 g/mol. The van der Waals surface area contributed by atoms with Crippen LogP contribution in [0.5, 0.6) is 5.75 Å².